The quantitative estimate of drug-likeness (QED) is 0.193. The molecule has 1 atom stereocenters. The molecule has 0 saturated heterocycles. The van der Waals surface area contributed by atoms with E-state index in [0.29, 0.717) is 25.7 Å². The minimum atomic E-state index is -2.97. The van der Waals surface area contributed by atoms with E-state index in [-0.39, 0.29) is 42.4 Å². The minimum Gasteiger partial charge on any atom is -0.379 e. The summed E-state index contributed by atoms with van der Waals surface area (Å²) in [6, 6.07) is 10.1. The van der Waals surface area contributed by atoms with Crippen molar-refractivity contribution in [2.45, 2.75) is 19.4 Å². The van der Waals surface area contributed by atoms with Crippen LogP contribution < -0.4 is 10.6 Å². The summed E-state index contributed by atoms with van der Waals surface area (Å²) in [5.41, 5.74) is 1.17. The second kappa shape index (κ2) is 15.1. The third kappa shape index (κ3) is 13.8. The Morgan fingerprint density at radius 2 is 1.78 bits per heavy atom. The fourth-order valence-corrected chi connectivity index (χ4v) is 2.55. The average molecular weight is 513 g/mol. The van der Waals surface area contributed by atoms with Gasteiger partial charge in [0.2, 0.25) is 0 Å². The maximum absolute atomic E-state index is 11.0. The predicted molar refractivity (Wildman–Crippen MR) is 121 cm³/mol. The second-order valence-corrected chi connectivity index (χ2v) is 8.21. The first-order chi connectivity index (χ1) is 12.4. The number of nitrogens with zero attached hydrogens (tertiary/aromatic N) is 1. The molecule has 1 aromatic rings. The van der Waals surface area contributed by atoms with Crippen molar-refractivity contribution in [3.63, 3.8) is 0 Å². The molecule has 1 rings (SSSR count). The lowest BCUT2D eigenvalue weighted by Crippen LogP contribution is -2.39. The Bertz CT molecular complexity index is 627. The molecule has 9 heteroatoms. The van der Waals surface area contributed by atoms with Crippen LogP contribution in [0.1, 0.15) is 25.0 Å². The lowest BCUT2D eigenvalue weighted by Gasteiger charge is -2.15. The molecule has 0 bridgehead atoms. The number of rotatable bonds is 12. The summed E-state index contributed by atoms with van der Waals surface area (Å²) in [6.07, 6.45) is 2.14. The second-order valence-electron chi connectivity index (χ2n) is 5.95. The zero-order valence-corrected chi connectivity index (χ0v) is 19.5. The van der Waals surface area contributed by atoms with E-state index in [2.05, 4.69) is 27.8 Å². The first-order valence-corrected chi connectivity index (χ1v) is 10.8. The van der Waals surface area contributed by atoms with E-state index < -0.39 is 9.84 Å². The van der Waals surface area contributed by atoms with Gasteiger partial charge < -0.3 is 20.1 Å². The smallest absolute Gasteiger partial charge is 0.191 e. The van der Waals surface area contributed by atoms with Crippen LogP contribution in [0.15, 0.2) is 35.3 Å². The van der Waals surface area contributed by atoms with Crippen LogP contribution in [0, 0.1) is 0 Å². The Morgan fingerprint density at radius 1 is 1.11 bits per heavy atom. The van der Waals surface area contributed by atoms with Crippen LogP contribution in [0.4, 0.5) is 0 Å². The van der Waals surface area contributed by atoms with Gasteiger partial charge in [0.15, 0.2) is 5.96 Å². The summed E-state index contributed by atoms with van der Waals surface area (Å²) in [6.45, 7) is 4.65. The monoisotopic (exact) mass is 513 g/mol. The van der Waals surface area contributed by atoms with Crippen molar-refractivity contribution in [1.82, 2.24) is 10.6 Å². The summed E-state index contributed by atoms with van der Waals surface area (Å²) < 4.78 is 33.1. The normalized spacial score (nSPS) is 12.9. The van der Waals surface area contributed by atoms with Gasteiger partial charge in [0, 0.05) is 33.0 Å². The molecule has 0 heterocycles. The first kappa shape index (κ1) is 26.1. The van der Waals surface area contributed by atoms with E-state index in [0.717, 1.165) is 13.0 Å². The number of halogens is 1. The Labute approximate surface area is 180 Å². The summed E-state index contributed by atoms with van der Waals surface area (Å²) in [4.78, 5) is 4.13. The maximum atomic E-state index is 11.0. The summed E-state index contributed by atoms with van der Waals surface area (Å²) in [5.74, 6) is 0.731. The van der Waals surface area contributed by atoms with Crippen LogP contribution in [0.5, 0.6) is 0 Å². The first-order valence-electron chi connectivity index (χ1n) is 8.79. The molecule has 156 valence electrons. The highest BCUT2D eigenvalue weighted by Gasteiger charge is 2.04. The molecule has 0 spiro atoms. The van der Waals surface area contributed by atoms with Gasteiger partial charge in [0.05, 0.1) is 25.1 Å². The van der Waals surface area contributed by atoms with E-state index in [1.807, 2.05) is 25.1 Å². The Kier molecular flexibility index (Phi) is 14.6. The molecule has 0 aromatic heterocycles. The zero-order valence-electron chi connectivity index (χ0n) is 16.3. The number of hydrogen-bond acceptors (Lipinski definition) is 5. The zero-order chi connectivity index (χ0) is 19.3. The molecule has 1 unspecified atom stereocenters. The van der Waals surface area contributed by atoms with E-state index in [1.54, 1.807) is 7.05 Å². The number of hydrogen-bond donors (Lipinski definition) is 2. The summed E-state index contributed by atoms with van der Waals surface area (Å²) in [5, 5.41) is 6.32. The maximum Gasteiger partial charge on any atom is 0.191 e. The molecule has 0 fully saturated rings. The van der Waals surface area contributed by atoms with Crippen molar-refractivity contribution in [3.8, 4) is 0 Å². The van der Waals surface area contributed by atoms with Gasteiger partial charge in [0.25, 0.3) is 0 Å². The van der Waals surface area contributed by atoms with Gasteiger partial charge >= 0.3 is 0 Å². The van der Waals surface area contributed by atoms with E-state index in [9.17, 15) is 8.42 Å². The Hall–Kier alpha value is -0.910. The van der Waals surface area contributed by atoms with Crippen molar-refractivity contribution in [2.24, 2.45) is 4.99 Å². The number of nitrogens with one attached hydrogen (secondary N) is 2. The van der Waals surface area contributed by atoms with Crippen molar-refractivity contribution in [3.05, 3.63) is 35.9 Å². The highest BCUT2D eigenvalue weighted by molar-refractivity contribution is 14.0. The molecule has 0 radical (unpaired) electrons. The van der Waals surface area contributed by atoms with Crippen LogP contribution in [-0.2, 0) is 19.3 Å². The molecular formula is C18H32IN3O4S. The number of ether oxygens (including phenoxy) is 2. The highest BCUT2D eigenvalue weighted by Crippen LogP contribution is 2.15. The molecule has 0 amide bonds. The molecule has 2 N–H and O–H groups in total. The average Bonchev–Trinajstić information content (AvgIpc) is 2.62. The molecule has 0 aliphatic heterocycles. The summed E-state index contributed by atoms with van der Waals surface area (Å²) >= 11 is 0. The lowest BCUT2D eigenvalue weighted by atomic mass is 10.1. The van der Waals surface area contributed by atoms with Crippen LogP contribution in [0.25, 0.3) is 0 Å². The van der Waals surface area contributed by atoms with Gasteiger partial charge in [0.1, 0.15) is 9.84 Å². The van der Waals surface area contributed by atoms with Gasteiger partial charge in [-0.25, -0.2) is 8.42 Å². The lowest BCUT2D eigenvalue weighted by molar-refractivity contribution is 0.0646. The van der Waals surface area contributed by atoms with Crippen LogP contribution in [-0.4, -0.2) is 66.3 Å². The standard InChI is InChI=1S/C18H31N3O4S.HI/c1-16(17-8-5-4-6-9-17)25-12-7-10-20-18(19-2)21-11-13-24-14-15-26(3,22)23;/h4-6,8-9,16H,7,10-15H2,1-3H3,(H2,19,20,21);1H. The third-order valence-corrected chi connectivity index (χ3v) is 4.52. The number of guanidine groups is 1. The van der Waals surface area contributed by atoms with Gasteiger partial charge in [-0.05, 0) is 18.9 Å². The molecule has 0 aliphatic rings. The highest BCUT2D eigenvalue weighted by atomic mass is 127. The predicted octanol–water partition coefficient (Wildman–Crippen LogP) is 2.00. The summed E-state index contributed by atoms with van der Waals surface area (Å²) in [7, 11) is -1.26. The number of benzene rings is 1. The Morgan fingerprint density at radius 3 is 2.41 bits per heavy atom. The fourth-order valence-electron chi connectivity index (χ4n) is 2.13. The molecule has 7 nitrogen and oxygen atoms in total. The largest absolute Gasteiger partial charge is 0.379 e. The van der Waals surface area contributed by atoms with Crippen molar-refractivity contribution >= 4 is 39.8 Å². The van der Waals surface area contributed by atoms with Crippen LogP contribution in [0.3, 0.4) is 0 Å². The van der Waals surface area contributed by atoms with E-state index in [4.69, 9.17) is 9.47 Å². The topological polar surface area (TPSA) is 89.0 Å². The number of aliphatic imine (C=N–C) groups is 1. The van der Waals surface area contributed by atoms with Crippen molar-refractivity contribution in [1.29, 1.82) is 0 Å². The van der Waals surface area contributed by atoms with Gasteiger partial charge in [-0.3, -0.25) is 4.99 Å². The van der Waals surface area contributed by atoms with Gasteiger partial charge in [-0.2, -0.15) is 0 Å². The number of sulfone groups is 1. The third-order valence-electron chi connectivity index (χ3n) is 3.61. The van der Waals surface area contributed by atoms with E-state index >= 15 is 0 Å². The van der Waals surface area contributed by atoms with Gasteiger partial charge in [-0.1, -0.05) is 30.3 Å². The minimum absolute atomic E-state index is 0. The van der Waals surface area contributed by atoms with Crippen LogP contribution >= 0.6 is 24.0 Å². The van der Waals surface area contributed by atoms with E-state index in [1.165, 1.54) is 11.8 Å². The molecule has 0 saturated carbocycles. The SMILES string of the molecule is CN=C(NCCCOC(C)c1ccccc1)NCCOCCS(C)(=O)=O.I. The molecule has 1 aromatic carbocycles. The molecule has 27 heavy (non-hydrogen) atoms. The van der Waals surface area contributed by atoms with Crippen molar-refractivity contribution < 1.29 is 17.9 Å². The Balaban J connectivity index is 0.00000676. The molecular weight excluding hydrogens is 481 g/mol. The van der Waals surface area contributed by atoms with Gasteiger partial charge in [-0.15, -0.1) is 24.0 Å². The van der Waals surface area contributed by atoms with Crippen molar-refractivity contribution in [2.75, 3.05) is 52.0 Å². The molecule has 0 aliphatic carbocycles. The van der Waals surface area contributed by atoms with Crippen LogP contribution in [0.2, 0.25) is 0 Å². The fraction of sp³-hybridized carbons (Fsp3) is 0.611.